The van der Waals surface area contributed by atoms with Crippen molar-refractivity contribution in [1.29, 1.82) is 0 Å². The molecule has 19 heavy (non-hydrogen) atoms. The molecule has 1 fully saturated rings. The molecule has 0 aliphatic heterocycles. The lowest BCUT2D eigenvalue weighted by Crippen LogP contribution is -2.45. The van der Waals surface area contributed by atoms with Gasteiger partial charge in [-0.25, -0.2) is 0 Å². The Hall–Kier alpha value is -0.0800. The largest absolute Gasteiger partial charge is 0.372 e. The van der Waals surface area contributed by atoms with Gasteiger partial charge >= 0.3 is 0 Å². The van der Waals surface area contributed by atoms with Crippen LogP contribution in [0.2, 0.25) is 0 Å². The fourth-order valence-corrected chi connectivity index (χ4v) is 2.93. The van der Waals surface area contributed by atoms with E-state index in [0.29, 0.717) is 12.1 Å². The molecular formula is C17H35NO. The van der Waals surface area contributed by atoms with Crippen molar-refractivity contribution >= 4 is 0 Å². The van der Waals surface area contributed by atoms with Crippen LogP contribution in [0.3, 0.4) is 0 Å². The first kappa shape index (κ1) is 17.0. The molecule has 0 saturated heterocycles. The molecule has 0 heterocycles. The van der Waals surface area contributed by atoms with Crippen LogP contribution in [-0.2, 0) is 4.74 Å². The Labute approximate surface area is 120 Å². The number of hydrogen-bond acceptors (Lipinski definition) is 2. The minimum absolute atomic E-state index is 0.214. The maximum absolute atomic E-state index is 6.40. The predicted molar refractivity (Wildman–Crippen MR) is 83.6 cm³/mol. The second-order valence-corrected chi connectivity index (χ2v) is 6.67. The van der Waals surface area contributed by atoms with Gasteiger partial charge in [0.15, 0.2) is 0 Å². The standard InChI is InChI=1S/C17H35NO/c1-5-6-7-8-10-16(4)19-17(11-9-12-17)13-14-18-15(2)3/h15-16,18H,5-14H2,1-4H3. The molecule has 0 bridgehead atoms. The van der Waals surface area contributed by atoms with Gasteiger partial charge in [-0.05, 0) is 45.6 Å². The monoisotopic (exact) mass is 269 g/mol. The van der Waals surface area contributed by atoms with Crippen molar-refractivity contribution < 1.29 is 4.74 Å². The van der Waals surface area contributed by atoms with Crippen molar-refractivity contribution in [2.75, 3.05) is 6.54 Å². The second kappa shape index (κ2) is 8.97. The molecule has 1 atom stereocenters. The Morgan fingerprint density at radius 1 is 1.11 bits per heavy atom. The lowest BCUT2D eigenvalue weighted by atomic mass is 9.77. The third-order valence-corrected chi connectivity index (χ3v) is 4.31. The predicted octanol–water partition coefficient (Wildman–Crippen LogP) is 4.67. The zero-order valence-electron chi connectivity index (χ0n) is 13.6. The number of ether oxygens (including phenoxy) is 1. The van der Waals surface area contributed by atoms with E-state index in [1.54, 1.807) is 0 Å². The van der Waals surface area contributed by atoms with Crippen LogP contribution in [0.4, 0.5) is 0 Å². The average molecular weight is 269 g/mol. The fourth-order valence-electron chi connectivity index (χ4n) is 2.93. The van der Waals surface area contributed by atoms with E-state index >= 15 is 0 Å². The van der Waals surface area contributed by atoms with Crippen LogP contribution < -0.4 is 5.32 Å². The summed E-state index contributed by atoms with van der Waals surface area (Å²) in [6.07, 6.45) is 12.1. The van der Waals surface area contributed by atoms with Gasteiger partial charge < -0.3 is 10.1 Å². The second-order valence-electron chi connectivity index (χ2n) is 6.67. The maximum Gasteiger partial charge on any atom is 0.0698 e. The van der Waals surface area contributed by atoms with Crippen molar-refractivity contribution in [2.45, 2.75) is 103 Å². The summed E-state index contributed by atoms with van der Waals surface area (Å²) in [5.41, 5.74) is 0.214. The molecular weight excluding hydrogens is 234 g/mol. The van der Waals surface area contributed by atoms with E-state index in [9.17, 15) is 0 Å². The smallest absolute Gasteiger partial charge is 0.0698 e. The van der Waals surface area contributed by atoms with Crippen molar-refractivity contribution in [3.63, 3.8) is 0 Å². The molecule has 1 aliphatic carbocycles. The number of hydrogen-bond donors (Lipinski definition) is 1. The van der Waals surface area contributed by atoms with Crippen LogP contribution >= 0.6 is 0 Å². The normalized spacial score (nSPS) is 19.4. The molecule has 1 aliphatic rings. The summed E-state index contributed by atoms with van der Waals surface area (Å²) in [5.74, 6) is 0. The summed E-state index contributed by atoms with van der Waals surface area (Å²) < 4.78 is 6.40. The Bertz CT molecular complexity index is 223. The molecule has 114 valence electrons. The van der Waals surface area contributed by atoms with Crippen LogP contribution in [0, 0.1) is 0 Å². The van der Waals surface area contributed by atoms with Crippen LogP contribution in [0.25, 0.3) is 0 Å². The van der Waals surface area contributed by atoms with Gasteiger partial charge in [-0.2, -0.15) is 0 Å². The third kappa shape index (κ3) is 6.76. The summed E-state index contributed by atoms with van der Waals surface area (Å²) in [4.78, 5) is 0. The van der Waals surface area contributed by atoms with Gasteiger partial charge in [-0.3, -0.25) is 0 Å². The number of unbranched alkanes of at least 4 members (excludes halogenated alkanes) is 3. The van der Waals surface area contributed by atoms with Crippen LogP contribution in [-0.4, -0.2) is 24.3 Å². The molecule has 2 nitrogen and oxygen atoms in total. The van der Waals surface area contributed by atoms with E-state index in [2.05, 4.69) is 33.0 Å². The third-order valence-electron chi connectivity index (χ3n) is 4.31. The molecule has 0 aromatic heterocycles. The summed E-state index contributed by atoms with van der Waals surface area (Å²) in [7, 11) is 0. The Balaban J connectivity index is 2.18. The molecule has 0 aromatic carbocycles. The summed E-state index contributed by atoms with van der Waals surface area (Å²) in [5, 5.41) is 3.52. The Kier molecular flexibility index (Phi) is 8.01. The maximum atomic E-state index is 6.40. The van der Waals surface area contributed by atoms with Crippen LogP contribution in [0.1, 0.15) is 85.5 Å². The van der Waals surface area contributed by atoms with Gasteiger partial charge in [-0.15, -0.1) is 0 Å². The van der Waals surface area contributed by atoms with Gasteiger partial charge in [0, 0.05) is 6.04 Å². The summed E-state index contributed by atoms with van der Waals surface area (Å²) in [6, 6.07) is 0.587. The lowest BCUT2D eigenvalue weighted by Gasteiger charge is -2.44. The molecule has 1 rings (SSSR count). The van der Waals surface area contributed by atoms with Crippen molar-refractivity contribution in [2.24, 2.45) is 0 Å². The van der Waals surface area contributed by atoms with Gasteiger partial charge in [0.2, 0.25) is 0 Å². The minimum Gasteiger partial charge on any atom is -0.372 e. The first-order valence-electron chi connectivity index (χ1n) is 8.49. The highest BCUT2D eigenvalue weighted by molar-refractivity contribution is 4.91. The first-order chi connectivity index (χ1) is 9.08. The molecule has 2 heteroatoms. The first-order valence-corrected chi connectivity index (χ1v) is 8.49. The highest BCUT2D eigenvalue weighted by Gasteiger charge is 2.38. The van der Waals surface area contributed by atoms with Gasteiger partial charge in [0.25, 0.3) is 0 Å². The van der Waals surface area contributed by atoms with E-state index < -0.39 is 0 Å². The van der Waals surface area contributed by atoms with Crippen LogP contribution in [0.15, 0.2) is 0 Å². The van der Waals surface area contributed by atoms with Gasteiger partial charge in [0.1, 0.15) is 0 Å². The van der Waals surface area contributed by atoms with E-state index in [4.69, 9.17) is 4.74 Å². The van der Waals surface area contributed by atoms with Gasteiger partial charge in [0.05, 0.1) is 11.7 Å². The summed E-state index contributed by atoms with van der Waals surface area (Å²) in [6.45, 7) is 10.1. The Morgan fingerprint density at radius 2 is 1.84 bits per heavy atom. The highest BCUT2D eigenvalue weighted by Crippen LogP contribution is 2.39. The zero-order chi connectivity index (χ0) is 14.1. The van der Waals surface area contributed by atoms with Crippen molar-refractivity contribution in [3.05, 3.63) is 0 Å². The average Bonchev–Trinajstić information content (AvgIpc) is 2.31. The van der Waals surface area contributed by atoms with E-state index in [1.807, 2.05) is 0 Å². The molecule has 0 amide bonds. The molecule has 1 unspecified atom stereocenters. The van der Waals surface area contributed by atoms with Crippen LogP contribution in [0.5, 0.6) is 0 Å². The van der Waals surface area contributed by atoms with E-state index in [1.165, 1.54) is 57.8 Å². The lowest BCUT2D eigenvalue weighted by molar-refractivity contribution is -0.139. The van der Waals surface area contributed by atoms with Gasteiger partial charge in [-0.1, -0.05) is 46.5 Å². The molecule has 1 N–H and O–H groups in total. The molecule has 1 saturated carbocycles. The number of nitrogens with one attached hydrogen (secondary N) is 1. The minimum atomic E-state index is 0.214. The Morgan fingerprint density at radius 3 is 2.37 bits per heavy atom. The van der Waals surface area contributed by atoms with E-state index in [0.717, 1.165) is 6.54 Å². The quantitative estimate of drug-likeness (QED) is 0.550. The van der Waals surface area contributed by atoms with E-state index in [-0.39, 0.29) is 5.60 Å². The summed E-state index contributed by atoms with van der Waals surface area (Å²) >= 11 is 0. The topological polar surface area (TPSA) is 21.3 Å². The molecule has 0 spiro atoms. The van der Waals surface area contributed by atoms with Crippen molar-refractivity contribution in [1.82, 2.24) is 5.32 Å². The highest BCUT2D eigenvalue weighted by atomic mass is 16.5. The van der Waals surface area contributed by atoms with Crippen molar-refractivity contribution in [3.8, 4) is 0 Å². The molecule has 0 radical (unpaired) electrons. The number of rotatable bonds is 11. The fraction of sp³-hybridized carbons (Fsp3) is 1.00. The zero-order valence-corrected chi connectivity index (χ0v) is 13.6. The molecule has 0 aromatic rings. The SMILES string of the molecule is CCCCCCC(C)OC1(CCNC(C)C)CCC1.